The minimum atomic E-state index is -0.554. The van der Waals surface area contributed by atoms with Gasteiger partial charge in [0, 0.05) is 25.4 Å². The highest BCUT2D eigenvalue weighted by atomic mass is 32.2. The molecule has 7 heteroatoms. The minimum absolute atomic E-state index is 0.0125. The Bertz CT molecular complexity index is 664. The van der Waals surface area contributed by atoms with E-state index in [2.05, 4.69) is 5.32 Å². The fourth-order valence-corrected chi connectivity index (χ4v) is 2.72. The second kappa shape index (κ2) is 4.78. The number of aromatic nitrogens is 2. The number of thioether (sulfide) groups is 1. The Morgan fingerprint density at radius 3 is 2.47 bits per heavy atom. The van der Waals surface area contributed by atoms with Crippen LogP contribution in [0.3, 0.4) is 0 Å². The Hall–Kier alpha value is -1.68. The SMILES string of the molecule is CSC1(CNc2c(C#N)c(=O)n(C)c(=O)n2C)CC1. The molecule has 1 aliphatic rings. The number of nitrogens with one attached hydrogen (secondary N) is 1. The molecule has 1 heterocycles. The molecule has 0 aliphatic heterocycles. The van der Waals surface area contributed by atoms with Gasteiger partial charge in [0.1, 0.15) is 11.9 Å². The lowest BCUT2D eigenvalue weighted by Gasteiger charge is -2.17. The third-order valence-electron chi connectivity index (χ3n) is 3.60. The van der Waals surface area contributed by atoms with Crippen LogP contribution in [0.4, 0.5) is 5.82 Å². The van der Waals surface area contributed by atoms with E-state index in [9.17, 15) is 9.59 Å². The van der Waals surface area contributed by atoms with E-state index in [1.807, 2.05) is 12.3 Å². The molecule has 1 aliphatic carbocycles. The number of nitrogens with zero attached hydrogens (tertiary/aromatic N) is 3. The predicted octanol–water partition coefficient (Wildman–Crippen LogP) is 0.263. The molecule has 0 bridgehead atoms. The summed E-state index contributed by atoms with van der Waals surface area (Å²) >= 11 is 1.77. The van der Waals surface area contributed by atoms with Gasteiger partial charge in [-0.05, 0) is 19.1 Å². The van der Waals surface area contributed by atoms with E-state index >= 15 is 0 Å². The largest absolute Gasteiger partial charge is 0.369 e. The van der Waals surface area contributed by atoms with Gasteiger partial charge < -0.3 is 5.32 Å². The van der Waals surface area contributed by atoms with Crippen LogP contribution in [0.2, 0.25) is 0 Å². The zero-order chi connectivity index (χ0) is 14.2. The lowest BCUT2D eigenvalue weighted by molar-refractivity contribution is 0.684. The summed E-state index contributed by atoms with van der Waals surface area (Å²) in [7, 11) is 2.93. The average Bonchev–Trinajstić information content (AvgIpc) is 3.19. The summed E-state index contributed by atoms with van der Waals surface area (Å²) in [4.78, 5) is 23.7. The Balaban J connectivity index is 2.43. The first-order chi connectivity index (χ1) is 8.95. The van der Waals surface area contributed by atoms with Crippen LogP contribution < -0.4 is 16.6 Å². The van der Waals surface area contributed by atoms with Crippen LogP contribution in [0.5, 0.6) is 0 Å². The Morgan fingerprint density at radius 2 is 2.00 bits per heavy atom. The average molecular weight is 280 g/mol. The maximum Gasteiger partial charge on any atom is 0.332 e. The van der Waals surface area contributed by atoms with Gasteiger partial charge in [0.25, 0.3) is 5.56 Å². The molecule has 0 spiro atoms. The van der Waals surface area contributed by atoms with E-state index < -0.39 is 11.2 Å². The van der Waals surface area contributed by atoms with Gasteiger partial charge in [0.2, 0.25) is 0 Å². The molecule has 0 amide bonds. The highest BCUT2D eigenvalue weighted by Gasteiger charge is 2.41. The van der Waals surface area contributed by atoms with Crippen LogP contribution in [-0.2, 0) is 14.1 Å². The highest BCUT2D eigenvalue weighted by molar-refractivity contribution is 8.00. The van der Waals surface area contributed by atoms with E-state index in [0.29, 0.717) is 12.4 Å². The van der Waals surface area contributed by atoms with Gasteiger partial charge in [-0.1, -0.05) is 0 Å². The Labute approximate surface area is 115 Å². The maximum atomic E-state index is 11.9. The van der Waals surface area contributed by atoms with Gasteiger partial charge in [0.15, 0.2) is 5.56 Å². The van der Waals surface area contributed by atoms with Crippen molar-refractivity contribution < 1.29 is 0 Å². The summed E-state index contributed by atoms with van der Waals surface area (Å²) in [5, 5.41) is 12.2. The number of anilines is 1. The summed E-state index contributed by atoms with van der Waals surface area (Å²) in [6.45, 7) is 0.656. The molecule has 0 atom stereocenters. The highest BCUT2D eigenvalue weighted by Crippen LogP contribution is 2.47. The van der Waals surface area contributed by atoms with Gasteiger partial charge in [-0.15, -0.1) is 0 Å². The molecule has 6 nitrogen and oxygen atoms in total. The van der Waals surface area contributed by atoms with E-state index in [1.165, 1.54) is 11.6 Å². The smallest absolute Gasteiger partial charge is 0.332 e. The van der Waals surface area contributed by atoms with Crippen LogP contribution in [0.25, 0.3) is 0 Å². The topological polar surface area (TPSA) is 79.8 Å². The third kappa shape index (κ3) is 2.28. The quantitative estimate of drug-likeness (QED) is 0.856. The van der Waals surface area contributed by atoms with Gasteiger partial charge >= 0.3 is 5.69 Å². The monoisotopic (exact) mass is 280 g/mol. The first-order valence-corrected chi connectivity index (χ1v) is 7.17. The zero-order valence-electron chi connectivity index (χ0n) is 11.2. The first kappa shape index (κ1) is 13.7. The molecule has 1 aromatic rings. The molecule has 0 saturated heterocycles. The fourth-order valence-electron chi connectivity index (χ4n) is 1.99. The molecule has 1 fully saturated rings. The van der Waals surface area contributed by atoms with Crippen LogP contribution in [0, 0.1) is 11.3 Å². The van der Waals surface area contributed by atoms with Gasteiger partial charge in [-0.25, -0.2) is 4.79 Å². The van der Waals surface area contributed by atoms with Crippen molar-refractivity contribution in [1.29, 1.82) is 5.26 Å². The molecule has 1 saturated carbocycles. The van der Waals surface area contributed by atoms with Crippen molar-refractivity contribution >= 4 is 17.6 Å². The van der Waals surface area contributed by atoms with Gasteiger partial charge in [-0.3, -0.25) is 13.9 Å². The molecule has 19 heavy (non-hydrogen) atoms. The molecular formula is C12H16N4O2S. The van der Waals surface area contributed by atoms with Crippen molar-refractivity contribution in [1.82, 2.24) is 9.13 Å². The van der Waals surface area contributed by atoms with Crippen molar-refractivity contribution in [3.05, 3.63) is 26.4 Å². The minimum Gasteiger partial charge on any atom is -0.369 e. The van der Waals surface area contributed by atoms with Crippen LogP contribution in [0.1, 0.15) is 18.4 Å². The van der Waals surface area contributed by atoms with E-state index in [4.69, 9.17) is 5.26 Å². The second-order valence-corrected chi connectivity index (χ2v) is 6.06. The maximum absolute atomic E-state index is 11.9. The van der Waals surface area contributed by atoms with Crippen LogP contribution in [-0.4, -0.2) is 26.7 Å². The van der Waals surface area contributed by atoms with E-state index in [-0.39, 0.29) is 10.3 Å². The number of rotatable bonds is 4. The molecule has 0 aromatic carbocycles. The number of hydrogen-bond acceptors (Lipinski definition) is 5. The van der Waals surface area contributed by atoms with Crippen molar-refractivity contribution in [2.24, 2.45) is 14.1 Å². The van der Waals surface area contributed by atoms with Crippen LogP contribution >= 0.6 is 11.8 Å². The summed E-state index contributed by atoms with van der Waals surface area (Å²) in [6.07, 6.45) is 4.27. The lowest BCUT2D eigenvalue weighted by atomic mass is 10.3. The van der Waals surface area contributed by atoms with Crippen molar-refractivity contribution in [2.45, 2.75) is 17.6 Å². The molecule has 0 unspecified atom stereocenters. The van der Waals surface area contributed by atoms with Crippen LogP contribution in [0.15, 0.2) is 9.59 Å². The van der Waals surface area contributed by atoms with Gasteiger partial charge in [0.05, 0.1) is 0 Å². The van der Waals surface area contributed by atoms with E-state index in [0.717, 1.165) is 17.4 Å². The third-order valence-corrected chi connectivity index (χ3v) is 5.01. The molecule has 102 valence electrons. The lowest BCUT2D eigenvalue weighted by Crippen LogP contribution is -2.40. The summed E-state index contributed by atoms with van der Waals surface area (Å²) in [5.74, 6) is 0.316. The molecule has 2 rings (SSSR count). The van der Waals surface area contributed by atoms with Crippen molar-refractivity contribution in [3.8, 4) is 6.07 Å². The fraction of sp³-hybridized carbons (Fsp3) is 0.583. The summed E-state index contributed by atoms with van der Waals surface area (Å²) in [6, 6.07) is 1.89. The Morgan fingerprint density at radius 1 is 1.37 bits per heavy atom. The Kier molecular flexibility index (Phi) is 3.45. The molecule has 0 radical (unpaired) electrons. The first-order valence-electron chi connectivity index (χ1n) is 5.95. The van der Waals surface area contributed by atoms with Crippen molar-refractivity contribution in [2.75, 3.05) is 18.1 Å². The summed E-state index contributed by atoms with van der Waals surface area (Å²) < 4.78 is 2.45. The number of nitriles is 1. The zero-order valence-corrected chi connectivity index (χ0v) is 12.0. The molecular weight excluding hydrogens is 264 g/mol. The number of hydrogen-bond donors (Lipinski definition) is 1. The van der Waals surface area contributed by atoms with E-state index in [1.54, 1.807) is 18.8 Å². The normalized spacial score (nSPS) is 15.9. The molecule has 1 N–H and O–H groups in total. The summed E-state index contributed by atoms with van der Waals surface area (Å²) in [5.41, 5.74) is -0.996. The second-order valence-electron chi connectivity index (χ2n) is 4.78. The standard InChI is InChI=1S/C12H16N4O2S/c1-15-9(14-7-12(19-3)4-5-12)8(6-13)10(17)16(2)11(15)18/h14H,4-5,7H2,1-3H3. The van der Waals surface area contributed by atoms with Gasteiger partial charge in [-0.2, -0.15) is 17.0 Å². The molecule has 1 aromatic heterocycles. The van der Waals surface area contributed by atoms with Crippen molar-refractivity contribution in [3.63, 3.8) is 0 Å². The predicted molar refractivity (Wildman–Crippen MR) is 75.6 cm³/mol.